The van der Waals surface area contributed by atoms with Gasteiger partial charge in [0.1, 0.15) is 11.5 Å². The lowest BCUT2D eigenvalue weighted by atomic mass is 9.66. The van der Waals surface area contributed by atoms with E-state index in [2.05, 4.69) is 36.4 Å². The maximum atomic E-state index is 11.7. The van der Waals surface area contributed by atoms with Crippen LogP contribution in [0.4, 0.5) is 0 Å². The summed E-state index contributed by atoms with van der Waals surface area (Å²) in [6.07, 6.45) is 0. The summed E-state index contributed by atoms with van der Waals surface area (Å²) in [5.74, 6) is 0.379. The van der Waals surface area contributed by atoms with Gasteiger partial charge >= 0.3 is 0 Å². The molecule has 0 aliphatic heterocycles. The molecule has 0 heterocycles. The van der Waals surface area contributed by atoms with E-state index in [0.717, 1.165) is 55.6 Å². The molecule has 0 amide bonds. The number of hydrogen-bond donors (Lipinski definition) is 2. The molecule has 0 atom stereocenters. The fraction of sp³-hybridized carbons (Fsp3) is 0.0270. The van der Waals surface area contributed by atoms with E-state index >= 15 is 0 Å². The van der Waals surface area contributed by atoms with Crippen molar-refractivity contribution in [2.45, 2.75) is 5.41 Å². The lowest BCUT2D eigenvalue weighted by Crippen LogP contribution is -2.29. The topological polar surface area (TPSA) is 40.5 Å². The third-order valence-corrected chi connectivity index (χ3v) is 7.97. The fourth-order valence-electron chi connectivity index (χ4n) is 6.28. The molecule has 2 N–H and O–H groups in total. The number of benzene rings is 6. The van der Waals surface area contributed by atoms with Gasteiger partial charge in [0.2, 0.25) is 0 Å². The smallest absolute Gasteiger partial charge is 0.120 e. The SMILES string of the molecule is Oc1cc(-c2ccccc2)ccc1C1(c2ccc(-c3ccccc3)cc2O)c2ccccc2-c2ccccc21. The van der Waals surface area contributed by atoms with Gasteiger partial charge in [-0.1, -0.05) is 133 Å². The second kappa shape index (κ2) is 9.04. The normalized spacial score (nSPS) is 13.0. The van der Waals surface area contributed by atoms with E-state index in [9.17, 15) is 10.2 Å². The van der Waals surface area contributed by atoms with E-state index in [-0.39, 0.29) is 11.5 Å². The second-order valence-electron chi connectivity index (χ2n) is 10.0. The van der Waals surface area contributed by atoms with Gasteiger partial charge in [0.05, 0.1) is 5.41 Å². The third-order valence-electron chi connectivity index (χ3n) is 7.97. The Kier molecular flexibility index (Phi) is 5.35. The molecule has 6 aromatic carbocycles. The average Bonchev–Trinajstić information content (AvgIpc) is 3.29. The number of fused-ring (bicyclic) bond motifs is 3. The zero-order chi connectivity index (χ0) is 26.4. The van der Waals surface area contributed by atoms with Gasteiger partial charge in [-0.15, -0.1) is 0 Å². The molecule has 0 spiro atoms. The first-order chi connectivity index (χ1) is 19.2. The van der Waals surface area contributed by atoms with Crippen LogP contribution in [0.1, 0.15) is 22.3 Å². The molecule has 0 saturated heterocycles. The van der Waals surface area contributed by atoms with Crippen LogP contribution in [0.15, 0.2) is 146 Å². The van der Waals surface area contributed by atoms with Crippen LogP contribution in [-0.4, -0.2) is 10.2 Å². The average molecular weight is 503 g/mol. The number of hydrogen-bond acceptors (Lipinski definition) is 2. The quantitative estimate of drug-likeness (QED) is 0.252. The van der Waals surface area contributed by atoms with Gasteiger partial charge in [-0.3, -0.25) is 0 Å². The van der Waals surface area contributed by atoms with Gasteiger partial charge in [0.15, 0.2) is 0 Å². The molecular formula is C37H26O2. The first kappa shape index (κ1) is 23.1. The monoisotopic (exact) mass is 502 g/mol. The van der Waals surface area contributed by atoms with Gasteiger partial charge in [0, 0.05) is 11.1 Å². The largest absolute Gasteiger partial charge is 0.508 e. The summed E-state index contributed by atoms with van der Waals surface area (Å²) in [4.78, 5) is 0. The molecule has 0 fully saturated rings. The Labute approximate surface area is 228 Å². The van der Waals surface area contributed by atoms with Crippen molar-refractivity contribution < 1.29 is 10.2 Å². The first-order valence-corrected chi connectivity index (χ1v) is 13.1. The van der Waals surface area contributed by atoms with Gasteiger partial charge < -0.3 is 10.2 Å². The molecule has 2 heteroatoms. The highest BCUT2D eigenvalue weighted by molar-refractivity contribution is 5.88. The summed E-state index contributed by atoms with van der Waals surface area (Å²) >= 11 is 0. The van der Waals surface area contributed by atoms with Crippen LogP contribution >= 0.6 is 0 Å². The molecule has 0 radical (unpaired) electrons. The Morgan fingerprint density at radius 2 is 0.718 bits per heavy atom. The summed E-state index contributed by atoms with van der Waals surface area (Å²) in [7, 11) is 0. The van der Waals surface area contributed by atoms with E-state index in [4.69, 9.17) is 0 Å². The van der Waals surface area contributed by atoms with Gasteiger partial charge in [-0.2, -0.15) is 0 Å². The van der Waals surface area contributed by atoms with Crippen LogP contribution in [0.3, 0.4) is 0 Å². The van der Waals surface area contributed by atoms with E-state index < -0.39 is 5.41 Å². The predicted molar refractivity (Wildman–Crippen MR) is 158 cm³/mol. The molecule has 0 unspecified atom stereocenters. The van der Waals surface area contributed by atoms with Crippen LogP contribution in [0, 0.1) is 0 Å². The van der Waals surface area contributed by atoms with E-state index in [1.165, 1.54) is 0 Å². The Morgan fingerprint density at radius 1 is 0.333 bits per heavy atom. The number of phenols is 2. The second-order valence-corrected chi connectivity index (χ2v) is 10.0. The number of phenolic OH excluding ortho intramolecular Hbond substituents is 2. The third kappa shape index (κ3) is 3.49. The van der Waals surface area contributed by atoms with Crippen molar-refractivity contribution in [1.82, 2.24) is 0 Å². The van der Waals surface area contributed by atoms with E-state index in [1.807, 2.05) is 109 Å². The Bertz CT molecular complexity index is 1680. The van der Waals surface area contributed by atoms with Crippen LogP contribution in [0.5, 0.6) is 11.5 Å². The van der Waals surface area contributed by atoms with Crippen LogP contribution in [0.2, 0.25) is 0 Å². The minimum Gasteiger partial charge on any atom is -0.508 e. The van der Waals surface area contributed by atoms with Gasteiger partial charge in [-0.25, -0.2) is 0 Å². The Hall–Kier alpha value is -5.08. The summed E-state index contributed by atoms with van der Waals surface area (Å²) in [5, 5.41) is 23.5. The minimum atomic E-state index is -0.897. The lowest BCUT2D eigenvalue weighted by molar-refractivity contribution is 0.448. The van der Waals surface area contributed by atoms with Crippen LogP contribution < -0.4 is 0 Å². The molecule has 7 rings (SSSR count). The lowest BCUT2D eigenvalue weighted by Gasteiger charge is -2.35. The van der Waals surface area contributed by atoms with Crippen LogP contribution in [-0.2, 0) is 5.41 Å². The van der Waals surface area contributed by atoms with Crippen molar-refractivity contribution in [3.8, 4) is 44.9 Å². The van der Waals surface area contributed by atoms with Crippen molar-refractivity contribution in [2.75, 3.05) is 0 Å². The Balaban J connectivity index is 1.53. The zero-order valence-electron chi connectivity index (χ0n) is 21.3. The predicted octanol–water partition coefficient (Wildman–Crippen LogP) is 8.79. The molecule has 6 aromatic rings. The minimum absolute atomic E-state index is 0.189. The molecule has 2 nitrogen and oxygen atoms in total. The molecule has 39 heavy (non-hydrogen) atoms. The standard InChI is InChI=1S/C37H26O2/c38-35-23-27(25-11-3-1-4-12-25)19-21-33(35)37(31-17-9-7-15-29(31)30-16-8-10-18-32(30)37)34-22-20-28(24-36(34)39)26-13-5-2-6-14-26/h1-24,38-39H. The molecular weight excluding hydrogens is 476 g/mol. The van der Waals surface area contributed by atoms with E-state index in [0.29, 0.717) is 0 Å². The maximum absolute atomic E-state index is 11.7. The zero-order valence-corrected chi connectivity index (χ0v) is 21.3. The summed E-state index contributed by atoms with van der Waals surface area (Å²) in [6.45, 7) is 0. The molecule has 0 bridgehead atoms. The molecule has 0 aromatic heterocycles. The molecule has 1 aliphatic carbocycles. The highest BCUT2D eigenvalue weighted by Crippen LogP contribution is 2.59. The Morgan fingerprint density at radius 3 is 1.13 bits per heavy atom. The summed E-state index contributed by atoms with van der Waals surface area (Å²) in [5.41, 5.74) is 8.82. The summed E-state index contributed by atoms with van der Waals surface area (Å²) < 4.78 is 0. The van der Waals surface area contributed by atoms with E-state index in [1.54, 1.807) is 0 Å². The van der Waals surface area contributed by atoms with Crippen molar-refractivity contribution in [3.63, 3.8) is 0 Å². The van der Waals surface area contributed by atoms with Crippen molar-refractivity contribution >= 4 is 0 Å². The highest BCUT2D eigenvalue weighted by atomic mass is 16.3. The van der Waals surface area contributed by atoms with Gasteiger partial charge in [0.25, 0.3) is 0 Å². The number of rotatable bonds is 4. The highest BCUT2D eigenvalue weighted by Gasteiger charge is 2.48. The first-order valence-electron chi connectivity index (χ1n) is 13.1. The van der Waals surface area contributed by atoms with Crippen molar-refractivity contribution in [3.05, 3.63) is 168 Å². The number of aromatic hydroxyl groups is 2. The van der Waals surface area contributed by atoms with Gasteiger partial charge in [-0.05, 0) is 56.6 Å². The van der Waals surface area contributed by atoms with Crippen molar-refractivity contribution in [1.29, 1.82) is 0 Å². The maximum Gasteiger partial charge on any atom is 0.120 e. The fourth-order valence-corrected chi connectivity index (χ4v) is 6.28. The summed E-state index contributed by atoms with van der Waals surface area (Å²) in [6, 6.07) is 48.6. The van der Waals surface area contributed by atoms with Crippen LogP contribution in [0.25, 0.3) is 33.4 Å². The van der Waals surface area contributed by atoms with Crippen molar-refractivity contribution in [2.24, 2.45) is 0 Å². The molecule has 0 saturated carbocycles. The molecule has 1 aliphatic rings. The molecule has 186 valence electrons.